The van der Waals surface area contributed by atoms with Gasteiger partial charge in [0.05, 0.1) is 17.1 Å². The van der Waals surface area contributed by atoms with Gasteiger partial charge in [-0.05, 0) is 19.1 Å². The Balaban J connectivity index is 1.95. The molecule has 20 heavy (non-hydrogen) atoms. The molecule has 0 spiro atoms. The highest BCUT2D eigenvalue weighted by molar-refractivity contribution is 7.90. The Morgan fingerprint density at radius 2 is 2.05 bits per heavy atom. The van der Waals surface area contributed by atoms with E-state index in [9.17, 15) is 13.2 Å². The quantitative estimate of drug-likeness (QED) is 0.751. The minimum atomic E-state index is -3.10. The summed E-state index contributed by atoms with van der Waals surface area (Å²) in [6, 6.07) is 6.82. The van der Waals surface area contributed by atoms with Crippen LogP contribution in [-0.2, 0) is 14.6 Å². The number of carbonyl (C=O) groups excluding carboxylic acids is 1. The third-order valence-corrected chi connectivity index (χ3v) is 4.12. The lowest BCUT2D eigenvalue weighted by Crippen LogP contribution is -2.49. The predicted octanol–water partition coefficient (Wildman–Crippen LogP) is 0.442. The molecule has 1 aromatic rings. The number of rotatable bonds is 4. The number of nitrogens with one attached hydrogen (secondary N) is 3. The van der Waals surface area contributed by atoms with Gasteiger partial charge in [-0.15, -0.1) is 0 Å². The van der Waals surface area contributed by atoms with Crippen LogP contribution in [0.2, 0.25) is 0 Å². The molecule has 6 nitrogen and oxygen atoms in total. The van der Waals surface area contributed by atoms with Gasteiger partial charge in [-0.3, -0.25) is 4.79 Å². The van der Waals surface area contributed by atoms with Crippen molar-refractivity contribution in [2.75, 3.05) is 29.2 Å². The number of sulfone groups is 1. The van der Waals surface area contributed by atoms with E-state index in [0.717, 1.165) is 17.6 Å². The number of amides is 1. The molecule has 7 heteroatoms. The molecule has 0 aliphatic carbocycles. The minimum Gasteiger partial charge on any atom is -0.381 e. The molecule has 2 rings (SSSR count). The molecule has 0 fully saturated rings. The van der Waals surface area contributed by atoms with Crippen LogP contribution in [0, 0.1) is 0 Å². The maximum atomic E-state index is 12.1. The van der Waals surface area contributed by atoms with Crippen molar-refractivity contribution in [2.24, 2.45) is 0 Å². The zero-order valence-electron chi connectivity index (χ0n) is 11.5. The largest absolute Gasteiger partial charge is 0.381 e. The SMILES string of the molecule is CC(CS(C)(=O)=O)NC(=O)C1CNc2ccccc2N1. The van der Waals surface area contributed by atoms with Gasteiger partial charge in [0, 0.05) is 18.8 Å². The van der Waals surface area contributed by atoms with E-state index in [-0.39, 0.29) is 11.7 Å². The molecule has 0 aromatic heterocycles. The Labute approximate surface area is 118 Å². The third kappa shape index (κ3) is 3.86. The second-order valence-corrected chi connectivity index (χ2v) is 7.31. The lowest BCUT2D eigenvalue weighted by molar-refractivity contribution is -0.122. The second kappa shape index (κ2) is 5.70. The van der Waals surface area contributed by atoms with Gasteiger partial charge >= 0.3 is 0 Å². The average Bonchev–Trinajstić information content (AvgIpc) is 2.35. The van der Waals surface area contributed by atoms with Gasteiger partial charge in [-0.25, -0.2) is 8.42 Å². The van der Waals surface area contributed by atoms with Crippen LogP contribution < -0.4 is 16.0 Å². The first-order chi connectivity index (χ1) is 9.35. The molecule has 1 aliphatic heterocycles. The van der Waals surface area contributed by atoms with Crippen LogP contribution in [0.3, 0.4) is 0 Å². The van der Waals surface area contributed by atoms with E-state index in [1.165, 1.54) is 0 Å². The highest BCUT2D eigenvalue weighted by Gasteiger charge is 2.25. The van der Waals surface area contributed by atoms with Crippen molar-refractivity contribution in [3.8, 4) is 0 Å². The first-order valence-corrected chi connectivity index (χ1v) is 8.49. The molecule has 1 amide bonds. The summed E-state index contributed by atoms with van der Waals surface area (Å²) in [6.45, 7) is 2.15. The van der Waals surface area contributed by atoms with Crippen molar-refractivity contribution in [1.29, 1.82) is 0 Å². The molecule has 1 aromatic carbocycles. The van der Waals surface area contributed by atoms with Gasteiger partial charge in [-0.2, -0.15) is 0 Å². The smallest absolute Gasteiger partial charge is 0.244 e. The number of benzene rings is 1. The van der Waals surface area contributed by atoms with Gasteiger partial charge in [0.25, 0.3) is 0 Å². The predicted molar refractivity (Wildman–Crippen MR) is 79.7 cm³/mol. The summed E-state index contributed by atoms with van der Waals surface area (Å²) in [5.74, 6) is -0.265. The molecule has 0 saturated heterocycles. The Morgan fingerprint density at radius 1 is 1.40 bits per heavy atom. The molecule has 110 valence electrons. The van der Waals surface area contributed by atoms with E-state index in [1.807, 2.05) is 24.3 Å². The fraction of sp³-hybridized carbons (Fsp3) is 0.462. The molecule has 1 aliphatic rings. The van der Waals surface area contributed by atoms with E-state index < -0.39 is 21.9 Å². The van der Waals surface area contributed by atoms with Gasteiger partial charge in [0.2, 0.25) is 5.91 Å². The van der Waals surface area contributed by atoms with E-state index in [0.29, 0.717) is 6.54 Å². The van der Waals surface area contributed by atoms with Gasteiger partial charge < -0.3 is 16.0 Å². The van der Waals surface area contributed by atoms with Gasteiger partial charge in [-0.1, -0.05) is 12.1 Å². The summed E-state index contributed by atoms with van der Waals surface area (Å²) in [5.41, 5.74) is 1.83. The molecule has 0 saturated carbocycles. The summed E-state index contributed by atoms with van der Waals surface area (Å²) in [6.07, 6.45) is 1.16. The summed E-state index contributed by atoms with van der Waals surface area (Å²) in [5, 5.41) is 9.03. The molecule has 1 heterocycles. The fourth-order valence-corrected chi connectivity index (χ4v) is 3.20. The lowest BCUT2D eigenvalue weighted by atomic mass is 10.1. The van der Waals surface area contributed by atoms with Crippen molar-refractivity contribution in [3.05, 3.63) is 24.3 Å². The maximum Gasteiger partial charge on any atom is 0.244 e. The van der Waals surface area contributed by atoms with Gasteiger partial charge in [0.15, 0.2) is 0 Å². The molecule has 3 N–H and O–H groups in total. The first-order valence-electron chi connectivity index (χ1n) is 6.43. The monoisotopic (exact) mass is 297 g/mol. The van der Waals surface area contributed by atoms with E-state index in [1.54, 1.807) is 6.92 Å². The number of hydrogen-bond acceptors (Lipinski definition) is 5. The third-order valence-electron chi connectivity index (χ3n) is 3.01. The molecular weight excluding hydrogens is 278 g/mol. The standard InChI is InChI=1S/C13H19N3O3S/c1-9(8-20(2,18)19)15-13(17)12-7-14-10-5-3-4-6-11(10)16-12/h3-6,9,12,14,16H,7-8H2,1-2H3,(H,15,17). The Morgan fingerprint density at radius 3 is 2.70 bits per heavy atom. The fourth-order valence-electron chi connectivity index (χ4n) is 2.21. The van der Waals surface area contributed by atoms with Crippen LogP contribution in [0.1, 0.15) is 6.92 Å². The molecule has 2 atom stereocenters. The van der Waals surface area contributed by atoms with Crippen LogP contribution in [0.15, 0.2) is 24.3 Å². The van der Waals surface area contributed by atoms with Crippen LogP contribution in [0.5, 0.6) is 0 Å². The summed E-state index contributed by atoms with van der Waals surface area (Å²) in [4.78, 5) is 12.1. The summed E-state index contributed by atoms with van der Waals surface area (Å²) < 4.78 is 22.4. The molecule has 0 radical (unpaired) electrons. The van der Waals surface area contributed by atoms with E-state index in [2.05, 4.69) is 16.0 Å². The number of hydrogen-bond donors (Lipinski definition) is 3. The minimum absolute atomic E-state index is 0.0600. The lowest BCUT2D eigenvalue weighted by Gasteiger charge is -2.28. The number of para-hydroxylation sites is 2. The van der Waals surface area contributed by atoms with Crippen LogP contribution in [-0.4, -0.2) is 45.0 Å². The zero-order chi connectivity index (χ0) is 14.8. The van der Waals surface area contributed by atoms with Crippen molar-refractivity contribution in [1.82, 2.24) is 5.32 Å². The topological polar surface area (TPSA) is 87.3 Å². The molecular formula is C13H19N3O3S. The number of anilines is 2. The van der Waals surface area contributed by atoms with Crippen LogP contribution in [0.25, 0.3) is 0 Å². The zero-order valence-corrected chi connectivity index (χ0v) is 12.3. The maximum absolute atomic E-state index is 12.1. The Hall–Kier alpha value is -1.76. The van der Waals surface area contributed by atoms with E-state index >= 15 is 0 Å². The van der Waals surface area contributed by atoms with Crippen molar-refractivity contribution in [3.63, 3.8) is 0 Å². The molecule has 0 bridgehead atoms. The van der Waals surface area contributed by atoms with Crippen LogP contribution >= 0.6 is 0 Å². The Kier molecular flexibility index (Phi) is 4.17. The second-order valence-electron chi connectivity index (χ2n) is 5.13. The van der Waals surface area contributed by atoms with Gasteiger partial charge in [0.1, 0.15) is 15.9 Å². The highest BCUT2D eigenvalue weighted by Crippen LogP contribution is 2.25. The summed E-state index contributed by atoms with van der Waals surface area (Å²) >= 11 is 0. The van der Waals surface area contributed by atoms with Crippen LogP contribution in [0.4, 0.5) is 11.4 Å². The van der Waals surface area contributed by atoms with E-state index in [4.69, 9.17) is 0 Å². The normalized spacial score (nSPS) is 19.2. The Bertz CT molecular complexity index is 601. The van der Waals surface area contributed by atoms with Crippen molar-refractivity contribution in [2.45, 2.75) is 19.0 Å². The van der Waals surface area contributed by atoms with Crippen molar-refractivity contribution >= 4 is 27.1 Å². The van der Waals surface area contributed by atoms with Crippen molar-refractivity contribution < 1.29 is 13.2 Å². The first kappa shape index (κ1) is 14.6. The summed E-state index contributed by atoms with van der Waals surface area (Å²) in [7, 11) is -3.10. The number of carbonyl (C=O) groups is 1. The average molecular weight is 297 g/mol. The highest BCUT2D eigenvalue weighted by atomic mass is 32.2. The number of fused-ring (bicyclic) bond motifs is 1. The molecule has 2 unspecified atom stereocenters.